The number of unbranched alkanes of at least 4 members (excludes halogenated alkanes) is 52. The highest BCUT2D eigenvalue weighted by molar-refractivity contribution is 5.71. The van der Waals surface area contributed by atoms with Crippen molar-refractivity contribution in [3.8, 4) is 0 Å². The van der Waals surface area contributed by atoms with Gasteiger partial charge in [0.2, 0.25) is 0 Å². The van der Waals surface area contributed by atoms with Gasteiger partial charge in [-0.15, -0.1) is 0 Å². The van der Waals surface area contributed by atoms with E-state index in [9.17, 15) is 14.4 Å². The molecule has 1 atom stereocenters. The summed E-state index contributed by atoms with van der Waals surface area (Å²) < 4.78 is 16.9. The molecule has 0 radical (unpaired) electrons. The van der Waals surface area contributed by atoms with Gasteiger partial charge in [-0.05, 0) is 51.4 Å². The van der Waals surface area contributed by atoms with Crippen LogP contribution in [-0.2, 0) is 28.6 Å². The summed E-state index contributed by atoms with van der Waals surface area (Å²) in [4.78, 5) is 38.2. The van der Waals surface area contributed by atoms with Crippen molar-refractivity contribution in [1.29, 1.82) is 0 Å². The molecule has 0 amide bonds. The van der Waals surface area contributed by atoms with Crippen LogP contribution in [0.1, 0.15) is 406 Å². The van der Waals surface area contributed by atoms with Crippen LogP contribution in [0.3, 0.4) is 0 Å². The van der Waals surface area contributed by atoms with Crippen LogP contribution >= 0.6 is 0 Å². The summed E-state index contributed by atoms with van der Waals surface area (Å²) in [5.74, 6) is -0.861. The molecule has 6 nitrogen and oxygen atoms in total. The average Bonchev–Trinajstić information content (AvgIpc) is 3.45. The van der Waals surface area contributed by atoms with Gasteiger partial charge in [0.15, 0.2) is 6.10 Å². The molecule has 0 N–H and O–H groups in total. The molecule has 0 aliphatic carbocycles. The van der Waals surface area contributed by atoms with Gasteiger partial charge in [0.25, 0.3) is 0 Å². The number of ether oxygens (including phenoxy) is 3. The van der Waals surface area contributed by atoms with Gasteiger partial charge in [0.1, 0.15) is 13.2 Å². The molecule has 0 heterocycles. The zero-order valence-corrected chi connectivity index (χ0v) is 53.7. The van der Waals surface area contributed by atoms with Gasteiger partial charge < -0.3 is 14.2 Å². The summed E-state index contributed by atoms with van der Waals surface area (Å²) in [6.07, 6.45) is 83.9. The fourth-order valence-corrected chi connectivity index (χ4v) is 11.1. The normalized spacial score (nSPS) is 12.1. The van der Waals surface area contributed by atoms with E-state index in [2.05, 4.69) is 45.1 Å². The highest BCUT2D eigenvalue weighted by atomic mass is 16.6. The van der Waals surface area contributed by atoms with Crippen molar-refractivity contribution in [3.05, 3.63) is 24.3 Å². The van der Waals surface area contributed by atoms with Gasteiger partial charge in [-0.25, -0.2) is 0 Å². The van der Waals surface area contributed by atoms with Crippen molar-refractivity contribution in [2.75, 3.05) is 13.2 Å². The summed E-state index contributed by atoms with van der Waals surface area (Å²) in [6.45, 7) is 6.67. The maximum atomic E-state index is 12.9. The Hall–Kier alpha value is -2.11. The van der Waals surface area contributed by atoms with Crippen molar-refractivity contribution in [3.63, 3.8) is 0 Å². The Balaban J connectivity index is 3.98. The van der Waals surface area contributed by atoms with Crippen LogP contribution in [0, 0.1) is 0 Å². The molecule has 1 unspecified atom stereocenters. The first-order valence-corrected chi connectivity index (χ1v) is 35.8. The monoisotopic (exact) mass is 1110 g/mol. The average molecular weight is 1110 g/mol. The van der Waals surface area contributed by atoms with E-state index in [-0.39, 0.29) is 31.1 Å². The Kier molecular flexibility index (Phi) is 66.6. The molecule has 0 aromatic heterocycles. The second-order valence-corrected chi connectivity index (χ2v) is 24.5. The lowest BCUT2D eigenvalue weighted by molar-refractivity contribution is -0.167. The van der Waals surface area contributed by atoms with Gasteiger partial charge in [0.05, 0.1) is 0 Å². The number of carbonyl (C=O) groups is 3. The van der Waals surface area contributed by atoms with E-state index in [1.165, 1.54) is 289 Å². The topological polar surface area (TPSA) is 78.9 Å². The summed E-state index contributed by atoms with van der Waals surface area (Å²) in [6, 6.07) is 0. The maximum absolute atomic E-state index is 12.9. The third kappa shape index (κ3) is 66.6. The van der Waals surface area contributed by atoms with Gasteiger partial charge in [-0.1, -0.05) is 360 Å². The van der Waals surface area contributed by atoms with Crippen LogP contribution in [0.2, 0.25) is 0 Å². The molecule has 0 spiro atoms. The highest BCUT2D eigenvalue weighted by Crippen LogP contribution is 2.19. The van der Waals surface area contributed by atoms with Crippen molar-refractivity contribution in [2.45, 2.75) is 412 Å². The fraction of sp³-hybridized carbons (Fsp3) is 0.904. The van der Waals surface area contributed by atoms with Gasteiger partial charge >= 0.3 is 17.9 Å². The number of hydrogen-bond donors (Lipinski definition) is 0. The molecule has 0 saturated carbocycles. The lowest BCUT2D eigenvalue weighted by Gasteiger charge is -2.18. The molecule has 0 fully saturated rings. The molecule has 466 valence electrons. The quantitative estimate of drug-likeness (QED) is 0.0261. The third-order valence-corrected chi connectivity index (χ3v) is 16.5. The minimum Gasteiger partial charge on any atom is -0.462 e. The molecule has 0 aliphatic rings. The first-order valence-electron chi connectivity index (χ1n) is 35.8. The van der Waals surface area contributed by atoms with Crippen LogP contribution in [0.4, 0.5) is 0 Å². The van der Waals surface area contributed by atoms with E-state index in [0.717, 1.165) is 77.0 Å². The van der Waals surface area contributed by atoms with E-state index in [4.69, 9.17) is 14.2 Å². The Morgan fingerprint density at radius 3 is 0.709 bits per heavy atom. The summed E-state index contributed by atoms with van der Waals surface area (Å²) in [7, 11) is 0. The zero-order chi connectivity index (χ0) is 57.1. The van der Waals surface area contributed by atoms with E-state index < -0.39 is 6.10 Å². The van der Waals surface area contributed by atoms with E-state index >= 15 is 0 Å². The summed E-state index contributed by atoms with van der Waals surface area (Å²) in [5.41, 5.74) is 0. The Bertz CT molecular complexity index is 1270. The van der Waals surface area contributed by atoms with Gasteiger partial charge in [-0.2, -0.15) is 0 Å². The van der Waals surface area contributed by atoms with Crippen LogP contribution in [0.15, 0.2) is 24.3 Å². The Morgan fingerprint density at radius 1 is 0.253 bits per heavy atom. The first-order chi connectivity index (χ1) is 39.0. The SMILES string of the molecule is CCCCCC/C=C\C/C=C\CCCCCCCC(=O)OC(COC(=O)CCCCCCCCCCCC)COC(=O)CCCCCCCCCCCCCCCCCCCCCCCCCCCCCCCCCCCCC. The summed E-state index contributed by atoms with van der Waals surface area (Å²) >= 11 is 0. The van der Waals surface area contributed by atoms with Crippen molar-refractivity contribution < 1.29 is 28.6 Å². The van der Waals surface area contributed by atoms with Gasteiger partial charge in [0, 0.05) is 19.3 Å². The molecule has 0 aliphatic heterocycles. The zero-order valence-electron chi connectivity index (χ0n) is 53.7. The van der Waals surface area contributed by atoms with Crippen molar-refractivity contribution in [1.82, 2.24) is 0 Å². The van der Waals surface area contributed by atoms with E-state index in [1.807, 2.05) is 0 Å². The van der Waals surface area contributed by atoms with Crippen molar-refractivity contribution >= 4 is 17.9 Å². The predicted molar refractivity (Wildman–Crippen MR) is 344 cm³/mol. The number of esters is 3. The van der Waals surface area contributed by atoms with Crippen LogP contribution in [0.25, 0.3) is 0 Å². The van der Waals surface area contributed by atoms with Gasteiger partial charge in [-0.3, -0.25) is 14.4 Å². The van der Waals surface area contributed by atoms with E-state index in [0.29, 0.717) is 19.3 Å². The summed E-state index contributed by atoms with van der Waals surface area (Å²) in [5, 5.41) is 0. The first kappa shape index (κ1) is 76.9. The number of allylic oxidation sites excluding steroid dienone is 4. The number of carbonyl (C=O) groups excluding carboxylic acids is 3. The number of rotatable bonds is 67. The van der Waals surface area contributed by atoms with E-state index in [1.54, 1.807) is 0 Å². The molecule has 6 heteroatoms. The molecule has 0 rings (SSSR count). The largest absolute Gasteiger partial charge is 0.462 e. The second-order valence-electron chi connectivity index (χ2n) is 24.5. The minimum atomic E-state index is -0.774. The highest BCUT2D eigenvalue weighted by Gasteiger charge is 2.19. The predicted octanol–water partition coefficient (Wildman–Crippen LogP) is 24.6. The Morgan fingerprint density at radius 2 is 0.456 bits per heavy atom. The third-order valence-electron chi connectivity index (χ3n) is 16.5. The lowest BCUT2D eigenvalue weighted by atomic mass is 10.0. The smallest absolute Gasteiger partial charge is 0.306 e. The van der Waals surface area contributed by atoms with Crippen LogP contribution in [-0.4, -0.2) is 37.2 Å². The molecular weight excluding hydrogens is 973 g/mol. The van der Waals surface area contributed by atoms with Crippen molar-refractivity contribution in [2.24, 2.45) is 0 Å². The molecule has 0 saturated heterocycles. The van der Waals surface area contributed by atoms with Crippen LogP contribution < -0.4 is 0 Å². The molecule has 79 heavy (non-hydrogen) atoms. The lowest BCUT2D eigenvalue weighted by Crippen LogP contribution is -2.30. The molecule has 0 aromatic carbocycles. The molecular formula is C73H138O6. The Labute approximate surface area is 493 Å². The fourth-order valence-electron chi connectivity index (χ4n) is 11.1. The number of hydrogen-bond acceptors (Lipinski definition) is 6. The van der Waals surface area contributed by atoms with Crippen LogP contribution in [0.5, 0.6) is 0 Å². The maximum Gasteiger partial charge on any atom is 0.306 e. The standard InChI is InChI=1S/C73H138O6/c1-4-7-10-13-16-19-22-24-26-28-29-30-31-32-33-34-35-36-37-38-39-40-41-42-43-44-45-46-48-49-51-54-57-60-63-66-72(75)78-69-70(68-77-71(74)65-62-59-56-53-21-18-15-12-9-6-3)79-73(76)67-64-61-58-55-52-50-47-27-25-23-20-17-14-11-8-5-2/h20,23,27,47,70H,4-19,21-22,24-26,28-46,48-69H2,1-3H3/b23-20-,47-27-. The molecule has 0 bridgehead atoms. The molecule has 0 aromatic rings. The minimum absolute atomic E-state index is 0.0714. The second kappa shape index (κ2) is 68.4.